The minimum Gasteiger partial charge on any atom is -0.493 e. The Balaban J connectivity index is 2.14. The monoisotopic (exact) mass is 353 g/mol. The van der Waals surface area contributed by atoms with Crippen LogP contribution in [0.4, 0.5) is 0 Å². The largest absolute Gasteiger partial charge is 0.493 e. The van der Waals surface area contributed by atoms with Crippen LogP contribution in [-0.2, 0) is 11.8 Å². The Morgan fingerprint density at radius 1 is 1.31 bits per heavy atom. The summed E-state index contributed by atoms with van der Waals surface area (Å²) in [4.78, 5) is 24.9. The zero-order valence-corrected chi connectivity index (χ0v) is 14.9. The number of nitrogens with zero attached hydrogens (tertiary/aromatic N) is 1. The van der Waals surface area contributed by atoms with Crippen LogP contribution in [0.1, 0.15) is 29.2 Å². The number of terminal acetylenes is 1. The van der Waals surface area contributed by atoms with Crippen LogP contribution in [0.15, 0.2) is 29.1 Å². The highest BCUT2D eigenvalue weighted by Gasteiger charge is 2.32. The normalized spacial score (nSPS) is 15.6. The van der Waals surface area contributed by atoms with Gasteiger partial charge in [0.25, 0.3) is 5.56 Å². The number of rotatable bonds is 4. The van der Waals surface area contributed by atoms with Crippen LogP contribution in [0, 0.1) is 19.3 Å². The molecule has 2 heterocycles. The van der Waals surface area contributed by atoms with Crippen LogP contribution in [0.3, 0.4) is 0 Å². The summed E-state index contributed by atoms with van der Waals surface area (Å²) in [6.07, 6.45) is 5.34. The number of hydrogen-bond donors (Lipinski definition) is 0. The number of ether oxygens (including phenoxy) is 3. The lowest BCUT2D eigenvalue weighted by Gasteiger charge is -2.26. The molecule has 0 spiro atoms. The molecular formula is C20H19NO5. The van der Waals surface area contributed by atoms with Crippen molar-refractivity contribution in [1.29, 1.82) is 0 Å². The lowest BCUT2D eigenvalue weighted by Crippen LogP contribution is -2.32. The van der Waals surface area contributed by atoms with Gasteiger partial charge < -0.3 is 18.8 Å². The summed E-state index contributed by atoms with van der Waals surface area (Å²) >= 11 is 0. The maximum absolute atomic E-state index is 12.8. The summed E-state index contributed by atoms with van der Waals surface area (Å²) in [6.45, 7) is 1.88. The molecule has 1 aliphatic heterocycles. The Morgan fingerprint density at radius 2 is 2.08 bits per heavy atom. The van der Waals surface area contributed by atoms with E-state index in [0.717, 1.165) is 11.3 Å². The van der Waals surface area contributed by atoms with Crippen molar-refractivity contribution >= 4 is 5.97 Å². The first kappa shape index (κ1) is 17.6. The molecule has 1 aliphatic rings. The van der Waals surface area contributed by atoms with Gasteiger partial charge in [0.2, 0.25) is 0 Å². The number of aromatic nitrogens is 1. The van der Waals surface area contributed by atoms with E-state index in [1.807, 2.05) is 6.07 Å². The topological polar surface area (TPSA) is 66.8 Å². The Bertz CT molecular complexity index is 967. The molecule has 1 aromatic carbocycles. The first-order chi connectivity index (χ1) is 12.5. The van der Waals surface area contributed by atoms with E-state index in [1.54, 1.807) is 36.7 Å². The molecule has 26 heavy (non-hydrogen) atoms. The van der Waals surface area contributed by atoms with Crippen molar-refractivity contribution in [3.63, 3.8) is 0 Å². The van der Waals surface area contributed by atoms with Gasteiger partial charge in [-0.05, 0) is 24.6 Å². The molecule has 0 fully saturated rings. The number of carbonyl (C=O) groups excluding carboxylic acids is 1. The number of esters is 1. The summed E-state index contributed by atoms with van der Waals surface area (Å²) in [7, 11) is 3.23. The highest BCUT2D eigenvalue weighted by Crippen LogP contribution is 2.39. The minimum absolute atomic E-state index is 0.0756. The number of benzene rings is 1. The molecule has 0 aliphatic carbocycles. The van der Waals surface area contributed by atoms with Gasteiger partial charge in [-0.15, -0.1) is 6.42 Å². The van der Waals surface area contributed by atoms with E-state index in [0.29, 0.717) is 22.8 Å². The number of carbonyl (C=O) groups is 1. The molecule has 6 nitrogen and oxygen atoms in total. The fourth-order valence-corrected chi connectivity index (χ4v) is 3.08. The molecule has 0 radical (unpaired) electrons. The van der Waals surface area contributed by atoms with Crippen molar-refractivity contribution in [2.75, 3.05) is 13.7 Å². The Kier molecular flexibility index (Phi) is 4.72. The van der Waals surface area contributed by atoms with Gasteiger partial charge in [0.1, 0.15) is 12.4 Å². The summed E-state index contributed by atoms with van der Waals surface area (Å²) in [5.74, 6) is 2.91. The Labute approximate surface area is 151 Å². The second-order valence-electron chi connectivity index (χ2n) is 6.06. The van der Waals surface area contributed by atoms with Gasteiger partial charge in [-0.25, -0.2) is 0 Å². The molecule has 2 aromatic rings. The molecule has 0 amide bonds. The van der Waals surface area contributed by atoms with Crippen molar-refractivity contribution in [2.45, 2.75) is 19.3 Å². The van der Waals surface area contributed by atoms with E-state index in [4.69, 9.17) is 20.6 Å². The third-order valence-corrected chi connectivity index (χ3v) is 4.51. The van der Waals surface area contributed by atoms with Crippen LogP contribution < -0.4 is 19.8 Å². The second-order valence-corrected chi connectivity index (χ2v) is 6.06. The molecular weight excluding hydrogens is 334 g/mol. The number of fused-ring (bicyclic) bond motifs is 1. The molecule has 0 unspecified atom stereocenters. The SMILES string of the molecule is C#CCOc1cc([C@@H]2CC(=O)Oc3cc(C)n(C)c(=O)c32)ccc1OC. The smallest absolute Gasteiger partial charge is 0.312 e. The molecule has 0 saturated carbocycles. The van der Waals surface area contributed by atoms with Crippen LogP contribution >= 0.6 is 0 Å². The van der Waals surface area contributed by atoms with Gasteiger partial charge in [-0.1, -0.05) is 12.0 Å². The van der Waals surface area contributed by atoms with E-state index in [-0.39, 0.29) is 24.6 Å². The Hall–Kier alpha value is -3.20. The van der Waals surface area contributed by atoms with E-state index in [1.165, 1.54) is 7.11 Å². The molecule has 0 N–H and O–H groups in total. The second kappa shape index (κ2) is 6.96. The average Bonchev–Trinajstić information content (AvgIpc) is 2.63. The van der Waals surface area contributed by atoms with Crippen molar-refractivity contribution < 1.29 is 19.0 Å². The number of aryl methyl sites for hydroxylation is 1. The maximum Gasteiger partial charge on any atom is 0.312 e. The molecule has 6 heteroatoms. The zero-order valence-electron chi connectivity index (χ0n) is 14.9. The summed E-state index contributed by atoms with van der Waals surface area (Å²) in [6, 6.07) is 7.01. The first-order valence-corrected chi connectivity index (χ1v) is 8.11. The molecule has 1 aromatic heterocycles. The van der Waals surface area contributed by atoms with Crippen LogP contribution in [0.25, 0.3) is 0 Å². The van der Waals surface area contributed by atoms with Crippen LogP contribution in [-0.4, -0.2) is 24.3 Å². The number of methoxy groups -OCH3 is 1. The molecule has 3 rings (SSSR count). The average molecular weight is 353 g/mol. The summed E-state index contributed by atoms with van der Waals surface area (Å²) in [5, 5.41) is 0. The molecule has 0 saturated heterocycles. The third-order valence-electron chi connectivity index (χ3n) is 4.51. The molecule has 134 valence electrons. The van der Waals surface area contributed by atoms with Crippen molar-refractivity contribution in [3.8, 4) is 29.6 Å². The maximum atomic E-state index is 12.8. The lowest BCUT2D eigenvalue weighted by molar-refractivity contribution is -0.135. The van der Waals surface area contributed by atoms with Gasteiger partial charge in [0.15, 0.2) is 11.5 Å². The highest BCUT2D eigenvalue weighted by molar-refractivity contribution is 5.77. The summed E-state index contributed by atoms with van der Waals surface area (Å²) in [5.41, 5.74) is 1.76. The van der Waals surface area contributed by atoms with Gasteiger partial charge in [0.05, 0.1) is 19.1 Å². The van der Waals surface area contributed by atoms with E-state index in [2.05, 4.69) is 5.92 Å². The highest BCUT2D eigenvalue weighted by atomic mass is 16.5. The predicted molar refractivity (Wildman–Crippen MR) is 95.8 cm³/mol. The molecule has 1 atom stereocenters. The quantitative estimate of drug-likeness (QED) is 0.622. The standard InChI is InChI=1S/C20H19NO5/c1-5-8-25-16-10-13(6-7-15(16)24-4)14-11-18(22)26-17-9-12(2)21(3)20(23)19(14)17/h1,6-7,9-10,14H,8,11H2,2-4H3/t14-/m0/s1. The zero-order chi connectivity index (χ0) is 18.8. The van der Waals surface area contributed by atoms with Gasteiger partial charge in [-0.3, -0.25) is 9.59 Å². The van der Waals surface area contributed by atoms with Crippen molar-refractivity contribution in [3.05, 3.63) is 51.4 Å². The summed E-state index contributed by atoms with van der Waals surface area (Å²) < 4.78 is 17.7. The van der Waals surface area contributed by atoms with Crippen molar-refractivity contribution in [2.24, 2.45) is 7.05 Å². The third kappa shape index (κ3) is 3.04. The fourth-order valence-electron chi connectivity index (χ4n) is 3.08. The van der Waals surface area contributed by atoms with E-state index < -0.39 is 5.92 Å². The van der Waals surface area contributed by atoms with Crippen LogP contribution in [0.5, 0.6) is 17.2 Å². The number of pyridine rings is 1. The molecule has 0 bridgehead atoms. The van der Waals surface area contributed by atoms with Crippen molar-refractivity contribution in [1.82, 2.24) is 4.57 Å². The Morgan fingerprint density at radius 3 is 2.77 bits per heavy atom. The van der Waals surface area contributed by atoms with E-state index in [9.17, 15) is 9.59 Å². The fraction of sp³-hybridized carbons (Fsp3) is 0.300. The van der Waals surface area contributed by atoms with E-state index >= 15 is 0 Å². The minimum atomic E-state index is -0.426. The first-order valence-electron chi connectivity index (χ1n) is 8.11. The number of hydrogen-bond acceptors (Lipinski definition) is 5. The van der Waals surface area contributed by atoms with Gasteiger partial charge >= 0.3 is 5.97 Å². The van der Waals surface area contributed by atoms with Gasteiger partial charge in [-0.2, -0.15) is 0 Å². The van der Waals surface area contributed by atoms with Crippen LogP contribution in [0.2, 0.25) is 0 Å². The predicted octanol–water partition coefficient (Wildman–Crippen LogP) is 2.16. The lowest BCUT2D eigenvalue weighted by atomic mass is 9.86. The van der Waals surface area contributed by atoms with Gasteiger partial charge in [0, 0.05) is 24.7 Å².